The molecule has 0 saturated heterocycles. The molecule has 1 unspecified atom stereocenters. The summed E-state index contributed by atoms with van der Waals surface area (Å²) in [5, 5.41) is 12.1. The average Bonchev–Trinajstić information content (AvgIpc) is 2.28. The number of hydrogen-bond acceptors (Lipinski definition) is 3. The summed E-state index contributed by atoms with van der Waals surface area (Å²) in [4.78, 5) is 11.1. The van der Waals surface area contributed by atoms with Gasteiger partial charge in [-0.3, -0.25) is 4.79 Å². The summed E-state index contributed by atoms with van der Waals surface area (Å²) in [6, 6.07) is 0. The molecule has 4 nitrogen and oxygen atoms in total. The summed E-state index contributed by atoms with van der Waals surface area (Å²) >= 11 is 0. The van der Waals surface area contributed by atoms with Crippen LogP contribution in [0.1, 0.15) is 52.9 Å². The SMILES string of the molecule is CCCCCOCCCC(C)(NCC)C(=O)O. The Hall–Kier alpha value is -0.610. The van der Waals surface area contributed by atoms with E-state index in [2.05, 4.69) is 12.2 Å². The van der Waals surface area contributed by atoms with Crippen LogP contribution in [0.4, 0.5) is 0 Å². The molecule has 0 aliphatic heterocycles. The summed E-state index contributed by atoms with van der Waals surface area (Å²) in [6.45, 7) is 7.92. The summed E-state index contributed by atoms with van der Waals surface area (Å²) < 4.78 is 5.47. The molecule has 2 N–H and O–H groups in total. The molecule has 1 atom stereocenters. The van der Waals surface area contributed by atoms with Crippen molar-refractivity contribution in [1.29, 1.82) is 0 Å². The van der Waals surface area contributed by atoms with E-state index in [1.807, 2.05) is 6.92 Å². The second-order valence-corrected chi connectivity index (χ2v) is 4.59. The minimum atomic E-state index is -0.818. The average molecular weight is 245 g/mol. The lowest BCUT2D eigenvalue weighted by molar-refractivity contribution is -0.144. The van der Waals surface area contributed by atoms with E-state index in [1.54, 1.807) is 6.92 Å². The van der Waals surface area contributed by atoms with E-state index in [9.17, 15) is 4.79 Å². The second-order valence-electron chi connectivity index (χ2n) is 4.59. The number of carbonyl (C=O) groups is 1. The van der Waals surface area contributed by atoms with Crippen LogP contribution in [0.3, 0.4) is 0 Å². The molecule has 0 aliphatic carbocycles. The lowest BCUT2D eigenvalue weighted by Crippen LogP contribution is -2.49. The number of carboxylic acid groups (broad SMARTS) is 1. The van der Waals surface area contributed by atoms with Gasteiger partial charge in [-0.25, -0.2) is 0 Å². The van der Waals surface area contributed by atoms with E-state index in [0.29, 0.717) is 19.6 Å². The Balaban J connectivity index is 3.65. The van der Waals surface area contributed by atoms with Crippen LogP contribution < -0.4 is 5.32 Å². The highest BCUT2D eigenvalue weighted by Crippen LogP contribution is 2.12. The van der Waals surface area contributed by atoms with Gasteiger partial charge in [-0.05, 0) is 32.7 Å². The van der Waals surface area contributed by atoms with Gasteiger partial charge in [0.05, 0.1) is 0 Å². The molecule has 0 spiro atoms. The number of aliphatic carboxylic acids is 1. The van der Waals surface area contributed by atoms with E-state index < -0.39 is 11.5 Å². The minimum absolute atomic E-state index is 0.601. The van der Waals surface area contributed by atoms with Crippen molar-refractivity contribution in [2.24, 2.45) is 0 Å². The number of likely N-dealkylation sites (N-methyl/N-ethyl adjacent to an activating group) is 1. The van der Waals surface area contributed by atoms with Gasteiger partial charge in [-0.1, -0.05) is 26.7 Å². The van der Waals surface area contributed by atoms with E-state index in [0.717, 1.165) is 19.4 Å². The van der Waals surface area contributed by atoms with Crippen molar-refractivity contribution in [3.63, 3.8) is 0 Å². The summed E-state index contributed by atoms with van der Waals surface area (Å²) in [6.07, 6.45) is 4.87. The van der Waals surface area contributed by atoms with Crippen LogP contribution in [-0.2, 0) is 9.53 Å². The molecule has 0 fully saturated rings. The van der Waals surface area contributed by atoms with Crippen LogP contribution in [0.15, 0.2) is 0 Å². The van der Waals surface area contributed by atoms with Crippen LogP contribution in [0.2, 0.25) is 0 Å². The van der Waals surface area contributed by atoms with Crippen LogP contribution in [0.5, 0.6) is 0 Å². The topological polar surface area (TPSA) is 58.6 Å². The number of carboxylic acids is 1. The third-order valence-electron chi connectivity index (χ3n) is 2.90. The standard InChI is InChI=1S/C13H27NO3/c1-4-6-7-10-17-11-8-9-13(3,12(15)16)14-5-2/h14H,4-11H2,1-3H3,(H,15,16). The summed E-state index contributed by atoms with van der Waals surface area (Å²) in [7, 11) is 0. The lowest BCUT2D eigenvalue weighted by atomic mass is 9.96. The number of ether oxygens (including phenoxy) is 1. The maximum Gasteiger partial charge on any atom is 0.323 e. The first-order valence-electron chi connectivity index (χ1n) is 6.63. The third-order valence-corrected chi connectivity index (χ3v) is 2.90. The van der Waals surface area contributed by atoms with Crippen LogP contribution in [0.25, 0.3) is 0 Å². The second kappa shape index (κ2) is 9.42. The molecule has 0 aromatic carbocycles. The van der Waals surface area contributed by atoms with E-state index >= 15 is 0 Å². The Kier molecular flexibility index (Phi) is 9.09. The Labute approximate surface area is 105 Å². The monoisotopic (exact) mass is 245 g/mol. The fourth-order valence-electron chi connectivity index (χ4n) is 1.75. The van der Waals surface area contributed by atoms with Gasteiger partial charge in [0.1, 0.15) is 5.54 Å². The Morgan fingerprint density at radius 3 is 2.41 bits per heavy atom. The predicted octanol–water partition coefficient (Wildman–Crippen LogP) is 2.43. The highest BCUT2D eigenvalue weighted by Gasteiger charge is 2.30. The van der Waals surface area contributed by atoms with Crippen molar-refractivity contribution >= 4 is 5.97 Å². The molecule has 0 heterocycles. The fourth-order valence-corrected chi connectivity index (χ4v) is 1.75. The Bertz CT molecular complexity index is 209. The van der Waals surface area contributed by atoms with Gasteiger partial charge in [-0.2, -0.15) is 0 Å². The number of unbranched alkanes of at least 4 members (excludes halogenated alkanes) is 2. The number of nitrogens with one attached hydrogen (secondary N) is 1. The van der Waals surface area contributed by atoms with E-state index in [4.69, 9.17) is 9.84 Å². The maximum absolute atomic E-state index is 11.1. The molecule has 0 radical (unpaired) electrons. The zero-order chi connectivity index (χ0) is 13.1. The van der Waals surface area contributed by atoms with Gasteiger partial charge in [0.2, 0.25) is 0 Å². The highest BCUT2D eigenvalue weighted by molar-refractivity contribution is 5.78. The molecule has 17 heavy (non-hydrogen) atoms. The van der Waals surface area contributed by atoms with Crippen molar-refractivity contribution in [2.45, 2.75) is 58.4 Å². The minimum Gasteiger partial charge on any atom is -0.480 e. The zero-order valence-corrected chi connectivity index (χ0v) is 11.4. The quantitative estimate of drug-likeness (QED) is 0.549. The van der Waals surface area contributed by atoms with Crippen molar-refractivity contribution < 1.29 is 14.6 Å². The molecular weight excluding hydrogens is 218 g/mol. The van der Waals surface area contributed by atoms with Gasteiger partial charge in [-0.15, -0.1) is 0 Å². The predicted molar refractivity (Wildman–Crippen MR) is 69.3 cm³/mol. The largest absolute Gasteiger partial charge is 0.480 e. The van der Waals surface area contributed by atoms with Gasteiger partial charge < -0.3 is 15.2 Å². The summed E-state index contributed by atoms with van der Waals surface area (Å²) in [5.41, 5.74) is -0.818. The third kappa shape index (κ3) is 7.34. The van der Waals surface area contributed by atoms with Crippen molar-refractivity contribution in [3.8, 4) is 0 Å². The fraction of sp³-hybridized carbons (Fsp3) is 0.923. The first kappa shape index (κ1) is 16.4. The lowest BCUT2D eigenvalue weighted by Gasteiger charge is -2.25. The molecule has 0 bridgehead atoms. The van der Waals surface area contributed by atoms with Crippen molar-refractivity contribution in [2.75, 3.05) is 19.8 Å². The number of hydrogen-bond donors (Lipinski definition) is 2. The molecule has 4 heteroatoms. The van der Waals surface area contributed by atoms with Crippen molar-refractivity contribution in [3.05, 3.63) is 0 Å². The maximum atomic E-state index is 11.1. The Morgan fingerprint density at radius 2 is 1.88 bits per heavy atom. The van der Waals surface area contributed by atoms with Crippen LogP contribution in [0, 0.1) is 0 Å². The first-order chi connectivity index (χ1) is 8.06. The summed E-state index contributed by atoms with van der Waals surface area (Å²) in [5.74, 6) is -0.787. The molecule has 0 aromatic rings. The molecule has 102 valence electrons. The zero-order valence-electron chi connectivity index (χ0n) is 11.4. The van der Waals surface area contributed by atoms with Gasteiger partial charge in [0, 0.05) is 13.2 Å². The smallest absolute Gasteiger partial charge is 0.323 e. The van der Waals surface area contributed by atoms with Crippen LogP contribution >= 0.6 is 0 Å². The molecular formula is C13H27NO3. The highest BCUT2D eigenvalue weighted by atomic mass is 16.5. The van der Waals surface area contributed by atoms with Crippen LogP contribution in [-0.4, -0.2) is 36.4 Å². The van der Waals surface area contributed by atoms with Gasteiger partial charge in [0.15, 0.2) is 0 Å². The van der Waals surface area contributed by atoms with Gasteiger partial charge >= 0.3 is 5.97 Å². The Morgan fingerprint density at radius 1 is 1.24 bits per heavy atom. The first-order valence-corrected chi connectivity index (χ1v) is 6.63. The molecule has 0 amide bonds. The molecule has 0 saturated carbocycles. The van der Waals surface area contributed by atoms with Gasteiger partial charge in [0.25, 0.3) is 0 Å². The normalized spacial score (nSPS) is 14.5. The molecule has 0 aliphatic rings. The van der Waals surface area contributed by atoms with E-state index in [-0.39, 0.29) is 0 Å². The number of rotatable bonds is 11. The van der Waals surface area contributed by atoms with E-state index in [1.165, 1.54) is 12.8 Å². The molecule has 0 rings (SSSR count). The molecule has 0 aromatic heterocycles. The van der Waals surface area contributed by atoms with Crippen molar-refractivity contribution in [1.82, 2.24) is 5.32 Å².